The van der Waals surface area contributed by atoms with Gasteiger partial charge in [0.2, 0.25) is 0 Å². The van der Waals surface area contributed by atoms with Crippen LogP contribution in [0, 0.1) is 11.3 Å². The standard InChI is InChI=1S/C16H17N3O/c1-2-9-18-16-14(7-5-10-19-16)12-20-15-8-4-3-6-13(15)11-17/h3-8,10H,2,9,12H2,1H3,(H,18,19). The summed E-state index contributed by atoms with van der Waals surface area (Å²) < 4.78 is 5.73. The molecule has 2 aromatic rings. The molecule has 1 aromatic carbocycles. The van der Waals surface area contributed by atoms with Gasteiger partial charge in [-0.2, -0.15) is 5.26 Å². The summed E-state index contributed by atoms with van der Waals surface area (Å²) in [6, 6.07) is 13.2. The Bertz CT molecular complexity index is 605. The van der Waals surface area contributed by atoms with Crippen molar-refractivity contribution in [1.29, 1.82) is 5.26 Å². The van der Waals surface area contributed by atoms with Crippen LogP contribution in [0.1, 0.15) is 24.5 Å². The molecule has 4 heteroatoms. The molecule has 0 spiro atoms. The summed E-state index contributed by atoms with van der Waals surface area (Å²) in [5, 5.41) is 12.3. The first-order valence-electron chi connectivity index (χ1n) is 6.65. The summed E-state index contributed by atoms with van der Waals surface area (Å²) in [4.78, 5) is 4.31. The van der Waals surface area contributed by atoms with Crippen molar-refractivity contribution in [2.24, 2.45) is 0 Å². The van der Waals surface area contributed by atoms with Crippen LogP contribution in [0.15, 0.2) is 42.6 Å². The third-order valence-electron chi connectivity index (χ3n) is 2.82. The SMILES string of the molecule is CCCNc1ncccc1COc1ccccc1C#N. The number of pyridine rings is 1. The van der Waals surface area contributed by atoms with Gasteiger partial charge in [-0.15, -0.1) is 0 Å². The number of rotatable bonds is 6. The van der Waals surface area contributed by atoms with Gasteiger partial charge in [0.25, 0.3) is 0 Å². The monoisotopic (exact) mass is 267 g/mol. The van der Waals surface area contributed by atoms with Gasteiger partial charge >= 0.3 is 0 Å². The van der Waals surface area contributed by atoms with E-state index in [9.17, 15) is 0 Å². The first-order valence-corrected chi connectivity index (χ1v) is 6.65. The molecule has 0 fully saturated rings. The minimum atomic E-state index is 0.387. The van der Waals surface area contributed by atoms with Crippen molar-refractivity contribution in [2.75, 3.05) is 11.9 Å². The number of hydrogen-bond donors (Lipinski definition) is 1. The number of ether oxygens (including phenoxy) is 1. The highest BCUT2D eigenvalue weighted by molar-refractivity contribution is 5.45. The molecule has 0 aliphatic rings. The van der Waals surface area contributed by atoms with Gasteiger partial charge in [0.05, 0.1) is 5.56 Å². The summed E-state index contributed by atoms with van der Waals surface area (Å²) in [5.41, 5.74) is 1.52. The molecule has 0 saturated carbocycles. The summed E-state index contributed by atoms with van der Waals surface area (Å²) >= 11 is 0. The van der Waals surface area contributed by atoms with E-state index in [-0.39, 0.29) is 0 Å². The van der Waals surface area contributed by atoms with Gasteiger partial charge < -0.3 is 10.1 Å². The second kappa shape index (κ2) is 7.15. The Kier molecular flexibility index (Phi) is 4.96. The number of aromatic nitrogens is 1. The molecule has 1 aromatic heterocycles. The molecule has 1 heterocycles. The van der Waals surface area contributed by atoms with Crippen molar-refractivity contribution in [1.82, 2.24) is 4.98 Å². The molecule has 4 nitrogen and oxygen atoms in total. The van der Waals surface area contributed by atoms with E-state index in [1.165, 1.54) is 0 Å². The lowest BCUT2D eigenvalue weighted by atomic mass is 10.2. The van der Waals surface area contributed by atoms with Crippen LogP contribution in [0.2, 0.25) is 0 Å². The molecule has 0 aliphatic heterocycles. The van der Waals surface area contributed by atoms with Gasteiger partial charge in [0.1, 0.15) is 24.2 Å². The molecule has 0 bridgehead atoms. The average Bonchev–Trinajstić information content (AvgIpc) is 2.52. The first kappa shape index (κ1) is 13.9. The highest BCUT2D eigenvalue weighted by Crippen LogP contribution is 2.20. The zero-order valence-electron chi connectivity index (χ0n) is 11.5. The largest absolute Gasteiger partial charge is 0.487 e. The van der Waals surface area contributed by atoms with Crippen LogP contribution in [-0.4, -0.2) is 11.5 Å². The van der Waals surface area contributed by atoms with Crippen molar-refractivity contribution in [3.8, 4) is 11.8 Å². The number of para-hydroxylation sites is 1. The minimum Gasteiger partial charge on any atom is -0.487 e. The van der Waals surface area contributed by atoms with E-state index < -0.39 is 0 Å². The number of nitrogens with zero attached hydrogens (tertiary/aromatic N) is 2. The maximum Gasteiger partial charge on any atom is 0.137 e. The molecular formula is C16H17N3O. The Morgan fingerprint density at radius 2 is 2.10 bits per heavy atom. The van der Waals surface area contributed by atoms with E-state index in [0.29, 0.717) is 17.9 Å². The van der Waals surface area contributed by atoms with Crippen molar-refractivity contribution in [2.45, 2.75) is 20.0 Å². The van der Waals surface area contributed by atoms with E-state index in [1.54, 1.807) is 18.3 Å². The van der Waals surface area contributed by atoms with Crippen LogP contribution >= 0.6 is 0 Å². The van der Waals surface area contributed by atoms with Crippen LogP contribution in [0.3, 0.4) is 0 Å². The summed E-state index contributed by atoms with van der Waals surface area (Å²) in [6.45, 7) is 3.37. The third-order valence-corrected chi connectivity index (χ3v) is 2.82. The van der Waals surface area contributed by atoms with Gasteiger partial charge in [0.15, 0.2) is 0 Å². The Morgan fingerprint density at radius 1 is 1.25 bits per heavy atom. The maximum atomic E-state index is 9.03. The number of hydrogen-bond acceptors (Lipinski definition) is 4. The van der Waals surface area contributed by atoms with Gasteiger partial charge in [-0.05, 0) is 24.6 Å². The van der Waals surface area contributed by atoms with Crippen molar-refractivity contribution in [3.63, 3.8) is 0 Å². The fourth-order valence-corrected chi connectivity index (χ4v) is 1.80. The second-order valence-electron chi connectivity index (χ2n) is 4.33. The molecule has 102 valence electrons. The molecule has 0 aliphatic carbocycles. The summed E-state index contributed by atoms with van der Waals surface area (Å²) in [5.74, 6) is 1.43. The normalized spacial score (nSPS) is 9.80. The topological polar surface area (TPSA) is 57.9 Å². The van der Waals surface area contributed by atoms with E-state index >= 15 is 0 Å². The molecule has 20 heavy (non-hydrogen) atoms. The smallest absolute Gasteiger partial charge is 0.137 e. The van der Waals surface area contributed by atoms with E-state index in [4.69, 9.17) is 10.00 Å². The maximum absolute atomic E-state index is 9.03. The Labute approximate surface area is 119 Å². The van der Waals surface area contributed by atoms with Gasteiger partial charge in [0, 0.05) is 18.3 Å². The predicted molar refractivity (Wildman–Crippen MR) is 78.5 cm³/mol. The molecular weight excluding hydrogens is 250 g/mol. The van der Waals surface area contributed by atoms with Crippen molar-refractivity contribution >= 4 is 5.82 Å². The Balaban J connectivity index is 2.09. The summed E-state index contributed by atoms with van der Waals surface area (Å²) in [6.07, 6.45) is 2.79. The third kappa shape index (κ3) is 3.48. The summed E-state index contributed by atoms with van der Waals surface area (Å²) in [7, 11) is 0. The van der Waals surface area contributed by atoms with E-state index in [2.05, 4.69) is 23.3 Å². The number of anilines is 1. The van der Waals surface area contributed by atoms with E-state index in [1.807, 2.05) is 24.3 Å². The number of nitrogens with one attached hydrogen (secondary N) is 1. The van der Waals surface area contributed by atoms with Crippen LogP contribution in [-0.2, 0) is 6.61 Å². The van der Waals surface area contributed by atoms with Gasteiger partial charge in [-0.25, -0.2) is 4.98 Å². The lowest BCUT2D eigenvalue weighted by Crippen LogP contribution is -2.07. The lowest BCUT2D eigenvalue weighted by molar-refractivity contribution is 0.305. The van der Waals surface area contributed by atoms with Crippen LogP contribution in [0.4, 0.5) is 5.82 Å². The zero-order valence-corrected chi connectivity index (χ0v) is 11.5. The van der Waals surface area contributed by atoms with Crippen LogP contribution < -0.4 is 10.1 Å². The lowest BCUT2D eigenvalue weighted by Gasteiger charge is -2.12. The number of benzene rings is 1. The quantitative estimate of drug-likeness (QED) is 0.872. The van der Waals surface area contributed by atoms with Crippen LogP contribution in [0.5, 0.6) is 5.75 Å². The fourth-order valence-electron chi connectivity index (χ4n) is 1.80. The van der Waals surface area contributed by atoms with Crippen LogP contribution in [0.25, 0.3) is 0 Å². The molecule has 1 N–H and O–H groups in total. The van der Waals surface area contributed by atoms with Gasteiger partial charge in [-0.3, -0.25) is 0 Å². The Hall–Kier alpha value is -2.54. The first-order chi connectivity index (χ1) is 9.85. The highest BCUT2D eigenvalue weighted by Gasteiger charge is 2.06. The van der Waals surface area contributed by atoms with E-state index in [0.717, 1.165) is 24.3 Å². The molecule has 2 rings (SSSR count). The minimum absolute atomic E-state index is 0.387. The molecule has 0 saturated heterocycles. The molecule has 0 unspecified atom stereocenters. The van der Waals surface area contributed by atoms with Crippen molar-refractivity contribution in [3.05, 3.63) is 53.7 Å². The zero-order chi connectivity index (χ0) is 14.2. The predicted octanol–water partition coefficient (Wildman–Crippen LogP) is 3.35. The molecule has 0 amide bonds. The molecule has 0 atom stereocenters. The number of nitriles is 1. The van der Waals surface area contributed by atoms with Crippen molar-refractivity contribution < 1.29 is 4.74 Å². The Morgan fingerprint density at radius 3 is 2.90 bits per heavy atom. The second-order valence-corrected chi connectivity index (χ2v) is 4.33. The van der Waals surface area contributed by atoms with Gasteiger partial charge in [-0.1, -0.05) is 25.1 Å². The molecule has 0 radical (unpaired) electrons. The highest BCUT2D eigenvalue weighted by atomic mass is 16.5. The average molecular weight is 267 g/mol. The fraction of sp³-hybridized carbons (Fsp3) is 0.250.